The lowest BCUT2D eigenvalue weighted by molar-refractivity contribution is -0.384. The molecule has 10 heteroatoms. The van der Waals surface area contributed by atoms with Crippen molar-refractivity contribution in [2.75, 3.05) is 0 Å². The van der Waals surface area contributed by atoms with Gasteiger partial charge in [0.15, 0.2) is 0 Å². The minimum atomic E-state index is -4.11. The molecule has 0 radical (unpaired) electrons. The predicted molar refractivity (Wildman–Crippen MR) is 123 cm³/mol. The molecule has 1 aliphatic carbocycles. The average molecular weight is 476 g/mol. The van der Waals surface area contributed by atoms with E-state index in [1.807, 2.05) is 0 Å². The number of carbonyl (C=O) groups excluding carboxylic acids is 1. The van der Waals surface area contributed by atoms with Crippen LogP contribution >= 0.6 is 7.75 Å². The fourth-order valence-corrected chi connectivity index (χ4v) is 5.27. The molecule has 33 heavy (non-hydrogen) atoms. The van der Waals surface area contributed by atoms with Gasteiger partial charge in [0, 0.05) is 12.1 Å². The van der Waals surface area contributed by atoms with Crippen molar-refractivity contribution in [1.29, 1.82) is 0 Å². The van der Waals surface area contributed by atoms with Crippen molar-refractivity contribution in [3.05, 3.63) is 64.7 Å². The molecule has 0 amide bonds. The molecule has 3 atom stereocenters. The molecule has 9 nitrogen and oxygen atoms in total. The lowest BCUT2D eigenvalue weighted by Gasteiger charge is -2.35. The molecular formula is C23H29N2O7P. The lowest BCUT2D eigenvalue weighted by atomic mass is 9.76. The third kappa shape index (κ3) is 7.30. The van der Waals surface area contributed by atoms with Crippen molar-refractivity contribution in [1.82, 2.24) is 5.09 Å². The highest BCUT2D eigenvalue weighted by molar-refractivity contribution is 7.52. The van der Waals surface area contributed by atoms with E-state index in [-0.39, 0.29) is 28.7 Å². The number of carbonyl (C=O) groups is 1. The molecule has 1 N–H and O–H groups in total. The highest BCUT2D eigenvalue weighted by atomic mass is 31.2. The number of nitrogens with zero attached hydrogens (tertiary/aromatic N) is 1. The van der Waals surface area contributed by atoms with E-state index in [0.717, 1.165) is 25.7 Å². The third-order valence-corrected chi connectivity index (χ3v) is 7.00. The first-order chi connectivity index (χ1) is 15.6. The van der Waals surface area contributed by atoms with Gasteiger partial charge in [0.1, 0.15) is 23.6 Å². The lowest BCUT2D eigenvalue weighted by Crippen LogP contribution is -2.39. The largest absolute Gasteiger partial charge is 0.513 e. The smallest absolute Gasteiger partial charge is 0.461 e. The van der Waals surface area contributed by atoms with E-state index in [4.69, 9.17) is 13.8 Å². The summed E-state index contributed by atoms with van der Waals surface area (Å²) < 4.78 is 30.4. The van der Waals surface area contributed by atoms with E-state index < -0.39 is 24.7 Å². The van der Waals surface area contributed by atoms with Gasteiger partial charge in [-0.15, -0.1) is 0 Å². The Morgan fingerprint density at radius 3 is 2.30 bits per heavy atom. The first-order valence-electron chi connectivity index (χ1n) is 10.8. The van der Waals surface area contributed by atoms with Crippen LogP contribution in [-0.4, -0.2) is 23.0 Å². The highest BCUT2D eigenvalue weighted by Gasteiger charge is 2.36. The van der Waals surface area contributed by atoms with Gasteiger partial charge >= 0.3 is 13.7 Å². The monoisotopic (exact) mass is 476 g/mol. The fourth-order valence-electron chi connectivity index (χ4n) is 3.74. The quantitative estimate of drug-likeness (QED) is 0.214. The molecule has 0 aromatic heterocycles. The summed E-state index contributed by atoms with van der Waals surface area (Å²) in [5.41, 5.74) is -0.0357. The molecule has 178 valence electrons. The second-order valence-electron chi connectivity index (χ2n) is 8.91. The van der Waals surface area contributed by atoms with Gasteiger partial charge in [0.05, 0.1) is 4.92 Å². The van der Waals surface area contributed by atoms with Crippen LogP contribution < -0.4 is 14.1 Å². The van der Waals surface area contributed by atoms with Crippen molar-refractivity contribution < 1.29 is 28.1 Å². The van der Waals surface area contributed by atoms with E-state index in [1.165, 1.54) is 31.2 Å². The number of nitro groups is 1. The second-order valence-corrected chi connectivity index (χ2v) is 10.5. The number of nitro benzene ring substituents is 1. The Morgan fingerprint density at radius 1 is 1.12 bits per heavy atom. The molecule has 1 saturated carbocycles. The van der Waals surface area contributed by atoms with Crippen LogP contribution in [0.4, 0.5) is 5.69 Å². The number of rotatable bonds is 9. The maximum absolute atomic E-state index is 13.6. The summed E-state index contributed by atoms with van der Waals surface area (Å²) in [5.74, 6) is -0.200. The Hall–Kier alpha value is -2.90. The summed E-state index contributed by atoms with van der Waals surface area (Å²) >= 11 is 0. The van der Waals surface area contributed by atoms with Crippen LogP contribution in [0.5, 0.6) is 11.5 Å². The van der Waals surface area contributed by atoms with Crippen LogP contribution in [0.2, 0.25) is 0 Å². The van der Waals surface area contributed by atoms with Gasteiger partial charge in [0.25, 0.3) is 5.69 Å². The molecule has 3 unspecified atom stereocenters. The van der Waals surface area contributed by atoms with Crippen LogP contribution in [0.25, 0.3) is 0 Å². The Bertz CT molecular complexity index is 1010. The van der Waals surface area contributed by atoms with Crippen molar-refractivity contribution >= 4 is 19.4 Å². The molecule has 0 spiro atoms. The maximum Gasteiger partial charge on any atom is 0.513 e. The maximum atomic E-state index is 13.6. The number of esters is 1. The zero-order chi connectivity index (χ0) is 24.1. The first-order valence-corrected chi connectivity index (χ1v) is 12.4. The molecule has 1 fully saturated rings. The molecule has 2 aromatic carbocycles. The summed E-state index contributed by atoms with van der Waals surface area (Å²) in [5, 5.41) is 13.5. The summed E-state index contributed by atoms with van der Waals surface area (Å²) in [6, 6.07) is 12.5. The first kappa shape index (κ1) is 24.7. The summed E-state index contributed by atoms with van der Waals surface area (Å²) in [6.45, 7) is 5.82. The van der Waals surface area contributed by atoms with Crippen molar-refractivity contribution in [3.8, 4) is 11.5 Å². The van der Waals surface area contributed by atoms with Gasteiger partial charge in [-0.25, -0.2) is 4.57 Å². The molecule has 2 aromatic rings. The Labute approximate surface area is 193 Å². The molecule has 0 aliphatic heterocycles. The molecule has 0 bridgehead atoms. The summed E-state index contributed by atoms with van der Waals surface area (Å²) in [4.78, 5) is 23.1. The Morgan fingerprint density at radius 2 is 1.73 bits per heavy atom. The number of ether oxygens (including phenoxy) is 1. The number of hydrogen-bond acceptors (Lipinski definition) is 7. The number of non-ortho nitro benzene ring substituents is 1. The number of benzene rings is 2. The summed E-state index contributed by atoms with van der Waals surface area (Å²) in [6.07, 6.45) is 3.42. The molecule has 1 aliphatic rings. The Balaban J connectivity index is 1.73. The SMILES string of the molecule is CC(NP(=O)(Oc1ccccc1)Oc1ccc([N+](=O)[O-])cc1)C(=O)OC1CCCC(C)(C)C1. The van der Waals surface area contributed by atoms with Crippen molar-refractivity contribution in [3.63, 3.8) is 0 Å². The van der Waals surface area contributed by atoms with Crippen LogP contribution in [0.3, 0.4) is 0 Å². The molecule has 3 rings (SSSR count). The van der Waals surface area contributed by atoms with E-state index in [1.54, 1.807) is 30.3 Å². The number of para-hydroxylation sites is 1. The van der Waals surface area contributed by atoms with E-state index in [0.29, 0.717) is 0 Å². The van der Waals surface area contributed by atoms with E-state index in [2.05, 4.69) is 18.9 Å². The average Bonchev–Trinajstić information content (AvgIpc) is 2.73. The zero-order valence-electron chi connectivity index (χ0n) is 18.9. The molecular weight excluding hydrogens is 447 g/mol. The van der Waals surface area contributed by atoms with Gasteiger partial charge in [0.2, 0.25) is 0 Å². The van der Waals surface area contributed by atoms with Gasteiger partial charge < -0.3 is 13.8 Å². The van der Waals surface area contributed by atoms with Gasteiger partial charge in [-0.3, -0.25) is 14.9 Å². The van der Waals surface area contributed by atoms with Gasteiger partial charge in [-0.05, 0) is 62.3 Å². The number of hydrogen-bond donors (Lipinski definition) is 1. The predicted octanol–water partition coefficient (Wildman–Crippen LogP) is 5.65. The number of nitrogens with one attached hydrogen (secondary N) is 1. The van der Waals surface area contributed by atoms with Crippen LogP contribution in [0, 0.1) is 15.5 Å². The van der Waals surface area contributed by atoms with Crippen molar-refractivity contribution in [2.45, 2.75) is 58.6 Å². The highest BCUT2D eigenvalue weighted by Crippen LogP contribution is 2.45. The van der Waals surface area contributed by atoms with Crippen LogP contribution in [-0.2, 0) is 14.1 Å². The Kier molecular flexibility index (Phi) is 7.76. The molecule has 0 saturated heterocycles. The van der Waals surface area contributed by atoms with Gasteiger partial charge in [-0.2, -0.15) is 5.09 Å². The van der Waals surface area contributed by atoms with Crippen LogP contribution in [0.1, 0.15) is 46.5 Å². The minimum Gasteiger partial charge on any atom is -0.461 e. The standard InChI is InChI=1S/C23H29N2O7P/c1-17(22(26)30-21-10-7-15-23(2,3)16-21)24-33(29,31-19-8-5-4-6-9-19)32-20-13-11-18(12-14-20)25(27)28/h4-6,8-9,11-14,17,21H,7,10,15-16H2,1-3H3,(H,24,29). The fraction of sp³-hybridized carbons (Fsp3) is 0.435. The van der Waals surface area contributed by atoms with Crippen molar-refractivity contribution in [2.24, 2.45) is 5.41 Å². The topological polar surface area (TPSA) is 117 Å². The third-order valence-electron chi connectivity index (χ3n) is 5.39. The van der Waals surface area contributed by atoms with E-state index in [9.17, 15) is 19.5 Å². The normalized spacial score (nSPS) is 20.2. The minimum absolute atomic E-state index is 0.0851. The molecule has 0 heterocycles. The zero-order valence-corrected chi connectivity index (χ0v) is 19.8. The second kappa shape index (κ2) is 10.4. The van der Waals surface area contributed by atoms with E-state index >= 15 is 0 Å². The van der Waals surface area contributed by atoms with Gasteiger partial charge in [-0.1, -0.05) is 32.0 Å². The van der Waals surface area contributed by atoms with Crippen LogP contribution in [0.15, 0.2) is 54.6 Å². The summed E-state index contributed by atoms with van der Waals surface area (Å²) in [7, 11) is -4.11.